The van der Waals surface area contributed by atoms with E-state index >= 15 is 0 Å². The van der Waals surface area contributed by atoms with E-state index in [0.717, 1.165) is 0 Å². The van der Waals surface area contributed by atoms with Crippen LogP contribution >= 0.6 is 0 Å². The Kier molecular flexibility index (Phi) is 4.01. The van der Waals surface area contributed by atoms with E-state index in [4.69, 9.17) is 5.73 Å². The number of aromatic nitrogens is 1. The van der Waals surface area contributed by atoms with Crippen LogP contribution in [0, 0.1) is 0 Å². The molecule has 0 aliphatic rings. The van der Waals surface area contributed by atoms with Gasteiger partial charge in [0.2, 0.25) is 10.0 Å². The van der Waals surface area contributed by atoms with Crippen molar-refractivity contribution in [3.8, 4) is 0 Å². The first kappa shape index (κ1) is 13.1. The van der Waals surface area contributed by atoms with E-state index < -0.39 is 15.6 Å². The van der Waals surface area contributed by atoms with Gasteiger partial charge in [0.05, 0.1) is 0 Å². The first-order valence-electron chi connectivity index (χ1n) is 5.07. The maximum absolute atomic E-state index is 12.0. The number of hydrogen-bond acceptors (Lipinski definition) is 4. The summed E-state index contributed by atoms with van der Waals surface area (Å²) in [6.07, 6.45) is 3.47. The van der Waals surface area contributed by atoms with Crippen LogP contribution in [0.5, 0.6) is 0 Å². The minimum absolute atomic E-state index is 0.156. The van der Waals surface area contributed by atoms with Gasteiger partial charge in [-0.15, -0.1) is 0 Å². The van der Waals surface area contributed by atoms with Gasteiger partial charge in [0, 0.05) is 24.5 Å². The van der Waals surface area contributed by atoms with Gasteiger partial charge in [0.15, 0.2) is 0 Å². The summed E-state index contributed by atoms with van der Waals surface area (Å²) in [5.74, 6) is 0. The Bertz CT molecular complexity index is 427. The zero-order valence-electron chi connectivity index (χ0n) is 9.47. The van der Waals surface area contributed by atoms with Crippen molar-refractivity contribution in [2.24, 2.45) is 5.73 Å². The third-order valence-electron chi connectivity index (χ3n) is 2.56. The Labute approximate surface area is 96.1 Å². The first-order valence-corrected chi connectivity index (χ1v) is 6.56. The van der Waals surface area contributed by atoms with Gasteiger partial charge in [0.1, 0.15) is 4.90 Å². The van der Waals surface area contributed by atoms with Gasteiger partial charge in [0.25, 0.3) is 0 Å². The molecule has 0 spiro atoms. The fraction of sp³-hybridized carbons (Fsp3) is 0.500. The Balaban J connectivity index is 2.97. The molecule has 0 amide bonds. The number of nitrogens with two attached hydrogens (primary N) is 1. The van der Waals surface area contributed by atoms with Crippen LogP contribution in [-0.2, 0) is 10.0 Å². The molecule has 0 aromatic carbocycles. The second-order valence-electron chi connectivity index (χ2n) is 3.91. The van der Waals surface area contributed by atoms with Gasteiger partial charge in [-0.2, -0.15) is 0 Å². The number of rotatable bonds is 5. The highest BCUT2D eigenvalue weighted by Crippen LogP contribution is 2.13. The molecule has 5 nitrogen and oxygen atoms in total. The predicted octanol–water partition coefficient (Wildman–Crippen LogP) is 0.487. The molecule has 3 N–H and O–H groups in total. The van der Waals surface area contributed by atoms with Crippen molar-refractivity contribution in [2.75, 3.05) is 6.54 Å². The van der Waals surface area contributed by atoms with Crippen molar-refractivity contribution in [1.82, 2.24) is 9.71 Å². The van der Waals surface area contributed by atoms with Crippen LogP contribution in [-0.4, -0.2) is 25.5 Å². The van der Waals surface area contributed by atoms with Crippen LogP contribution < -0.4 is 10.5 Å². The molecule has 1 rings (SSSR count). The average Bonchev–Trinajstić information content (AvgIpc) is 2.29. The van der Waals surface area contributed by atoms with Crippen molar-refractivity contribution in [1.29, 1.82) is 0 Å². The van der Waals surface area contributed by atoms with Crippen LogP contribution in [0.15, 0.2) is 29.4 Å². The quantitative estimate of drug-likeness (QED) is 0.788. The second-order valence-corrected chi connectivity index (χ2v) is 5.59. The molecule has 0 radical (unpaired) electrons. The Morgan fingerprint density at radius 3 is 2.69 bits per heavy atom. The zero-order chi connectivity index (χ0) is 12.2. The van der Waals surface area contributed by atoms with E-state index in [-0.39, 0.29) is 11.4 Å². The van der Waals surface area contributed by atoms with Crippen molar-refractivity contribution in [3.63, 3.8) is 0 Å². The number of pyridine rings is 1. The van der Waals surface area contributed by atoms with E-state index in [0.29, 0.717) is 6.42 Å². The van der Waals surface area contributed by atoms with Crippen LogP contribution in [0.1, 0.15) is 20.3 Å². The van der Waals surface area contributed by atoms with E-state index in [1.54, 1.807) is 13.0 Å². The number of nitrogens with zero attached hydrogens (tertiary/aromatic N) is 1. The normalized spacial score (nSPS) is 15.7. The van der Waals surface area contributed by atoms with Gasteiger partial charge in [-0.1, -0.05) is 6.92 Å². The van der Waals surface area contributed by atoms with Crippen LogP contribution in [0.2, 0.25) is 0 Å². The third-order valence-corrected chi connectivity index (χ3v) is 4.18. The molecular formula is C10H17N3O2S. The fourth-order valence-electron chi connectivity index (χ4n) is 1.15. The van der Waals surface area contributed by atoms with Gasteiger partial charge in [-0.05, 0) is 25.5 Å². The lowest BCUT2D eigenvalue weighted by Crippen LogP contribution is -2.50. The topological polar surface area (TPSA) is 85.1 Å². The summed E-state index contributed by atoms with van der Waals surface area (Å²) in [4.78, 5) is 3.94. The Hall–Kier alpha value is -0.980. The van der Waals surface area contributed by atoms with Crippen molar-refractivity contribution < 1.29 is 8.42 Å². The van der Waals surface area contributed by atoms with E-state index in [2.05, 4.69) is 9.71 Å². The molecule has 0 saturated heterocycles. The SMILES string of the molecule is CCC(C)(CN)NS(=O)(=O)c1cccnc1. The van der Waals surface area contributed by atoms with Gasteiger partial charge in [-0.25, -0.2) is 13.1 Å². The molecule has 1 unspecified atom stereocenters. The van der Waals surface area contributed by atoms with Crippen molar-refractivity contribution in [3.05, 3.63) is 24.5 Å². The molecule has 1 atom stereocenters. The Morgan fingerprint density at radius 1 is 1.56 bits per heavy atom. The monoisotopic (exact) mass is 243 g/mol. The molecule has 0 saturated carbocycles. The summed E-state index contributed by atoms with van der Waals surface area (Å²) in [5, 5.41) is 0. The largest absolute Gasteiger partial charge is 0.329 e. The smallest absolute Gasteiger partial charge is 0.242 e. The summed E-state index contributed by atoms with van der Waals surface area (Å²) in [7, 11) is -3.53. The lowest BCUT2D eigenvalue weighted by Gasteiger charge is -2.27. The molecule has 0 bridgehead atoms. The first-order chi connectivity index (χ1) is 7.43. The van der Waals surface area contributed by atoms with Crippen molar-refractivity contribution in [2.45, 2.75) is 30.7 Å². The molecule has 1 aromatic heterocycles. The molecule has 1 aromatic rings. The molecule has 16 heavy (non-hydrogen) atoms. The highest BCUT2D eigenvalue weighted by atomic mass is 32.2. The lowest BCUT2D eigenvalue weighted by atomic mass is 10.0. The maximum Gasteiger partial charge on any atom is 0.242 e. The highest BCUT2D eigenvalue weighted by molar-refractivity contribution is 7.89. The number of nitrogens with one attached hydrogen (secondary N) is 1. The van der Waals surface area contributed by atoms with Gasteiger partial charge in [-0.3, -0.25) is 4.98 Å². The molecular weight excluding hydrogens is 226 g/mol. The molecule has 1 heterocycles. The molecule has 0 aliphatic carbocycles. The number of sulfonamides is 1. The van der Waals surface area contributed by atoms with E-state index in [1.807, 2.05) is 6.92 Å². The predicted molar refractivity (Wildman–Crippen MR) is 62.3 cm³/mol. The summed E-state index contributed by atoms with van der Waals surface area (Å²) in [5.41, 5.74) is 4.94. The molecule has 6 heteroatoms. The zero-order valence-corrected chi connectivity index (χ0v) is 10.3. The lowest BCUT2D eigenvalue weighted by molar-refractivity contribution is 0.411. The molecule has 0 aliphatic heterocycles. The van der Waals surface area contributed by atoms with Crippen LogP contribution in [0.25, 0.3) is 0 Å². The summed E-state index contributed by atoms with van der Waals surface area (Å²) >= 11 is 0. The molecule has 90 valence electrons. The van der Waals surface area contributed by atoms with Gasteiger partial charge < -0.3 is 5.73 Å². The second kappa shape index (κ2) is 4.90. The minimum Gasteiger partial charge on any atom is -0.329 e. The maximum atomic E-state index is 12.0. The molecule has 0 fully saturated rings. The van der Waals surface area contributed by atoms with Crippen LogP contribution in [0.4, 0.5) is 0 Å². The fourth-order valence-corrected chi connectivity index (χ4v) is 2.60. The van der Waals surface area contributed by atoms with Gasteiger partial charge >= 0.3 is 0 Å². The highest BCUT2D eigenvalue weighted by Gasteiger charge is 2.27. The minimum atomic E-state index is -3.53. The standard InChI is InChI=1S/C10H17N3O2S/c1-3-10(2,8-11)13-16(14,15)9-5-4-6-12-7-9/h4-7,13H,3,8,11H2,1-2H3. The van der Waals surface area contributed by atoms with Crippen molar-refractivity contribution >= 4 is 10.0 Å². The third kappa shape index (κ3) is 3.01. The summed E-state index contributed by atoms with van der Waals surface area (Å²) < 4.78 is 26.5. The summed E-state index contributed by atoms with van der Waals surface area (Å²) in [6.45, 7) is 3.92. The Morgan fingerprint density at radius 2 is 2.25 bits per heavy atom. The average molecular weight is 243 g/mol. The van der Waals surface area contributed by atoms with E-state index in [1.165, 1.54) is 18.5 Å². The van der Waals surface area contributed by atoms with Crippen LogP contribution in [0.3, 0.4) is 0 Å². The van der Waals surface area contributed by atoms with E-state index in [9.17, 15) is 8.42 Å². The summed E-state index contributed by atoms with van der Waals surface area (Å²) in [6, 6.07) is 3.09. The number of hydrogen-bond donors (Lipinski definition) is 2.